The van der Waals surface area contributed by atoms with E-state index in [1.165, 1.54) is 12.8 Å². The van der Waals surface area contributed by atoms with Gasteiger partial charge in [0.05, 0.1) is 6.04 Å². The van der Waals surface area contributed by atoms with Gasteiger partial charge in [0, 0.05) is 18.4 Å². The maximum Gasteiger partial charge on any atom is 0.223 e. The molecule has 0 radical (unpaired) electrons. The second-order valence-corrected chi connectivity index (χ2v) is 6.77. The Hall–Kier alpha value is -1.81. The zero-order valence-electron chi connectivity index (χ0n) is 14.8. The fourth-order valence-electron chi connectivity index (χ4n) is 3.67. The molecule has 2 aromatic rings. The largest absolute Gasteiger partial charge is 0.459 e. The van der Waals surface area contributed by atoms with Gasteiger partial charge in [-0.1, -0.05) is 18.2 Å². The predicted molar refractivity (Wildman–Crippen MR) is 96.8 cm³/mol. The molecule has 1 atom stereocenters. The van der Waals surface area contributed by atoms with Crippen LogP contribution in [0.2, 0.25) is 0 Å². The molecule has 3 rings (SSSR count). The first-order chi connectivity index (χ1) is 11.7. The Labute approximate surface area is 144 Å². The lowest BCUT2D eigenvalue weighted by Gasteiger charge is -2.28. The molecule has 1 aliphatic heterocycles. The molecule has 1 aromatic heterocycles. The number of hydrogen-bond acceptors (Lipinski definition) is 3. The van der Waals surface area contributed by atoms with Crippen molar-refractivity contribution in [2.24, 2.45) is 5.92 Å². The molecule has 4 heteroatoms. The van der Waals surface area contributed by atoms with Gasteiger partial charge in [-0.05, 0) is 64.3 Å². The first kappa shape index (κ1) is 17.0. The van der Waals surface area contributed by atoms with Crippen LogP contribution in [-0.4, -0.2) is 30.4 Å². The van der Waals surface area contributed by atoms with E-state index in [0.717, 1.165) is 36.2 Å². The van der Waals surface area contributed by atoms with Crippen LogP contribution in [0.1, 0.15) is 51.3 Å². The number of hydrogen-bond donors (Lipinski definition) is 1. The number of piperidine rings is 1. The fourth-order valence-corrected chi connectivity index (χ4v) is 3.67. The summed E-state index contributed by atoms with van der Waals surface area (Å²) < 4.78 is 5.96. The van der Waals surface area contributed by atoms with E-state index in [1.807, 2.05) is 36.1 Å². The molecule has 1 amide bonds. The summed E-state index contributed by atoms with van der Waals surface area (Å²) in [5.74, 6) is 1.80. The third-order valence-electron chi connectivity index (χ3n) is 5.21. The molecule has 1 fully saturated rings. The number of furan rings is 1. The topological polar surface area (TPSA) is 45.5 Å². The van der Waals surface area contributed by atoms with E-state index < -0.39 is 0 Å². The van der Waals surface area contributed by atoms with Crippen molar-refractivity contribution in [3.05, 3.63) is 36.1 Å². The molecule has 0 saturated carbocycles. The third kappa shape index (κ3) is 3.81. The van der Waals surface area contributed by atoms with E-state index in [-0.39, 0.29) is 11.9 Å². The second-order valence-electron chi connectivity index (χ2n) is 6.77. The average molecular weight is 328 g/mol. The molecular formula is C20H28N2O2. The number of benzene rings is 1. The van der Waals surface area contributed by atoms with Crippen molar-refractivity contribution in [1.29, 1.82) is 0 Å². The SMILES string of the molecule is CCN(C(=O)CCC1CCNCC1)C(C)c1cc2ccccc2o1. The van der Waals surface area contributed by atoms with Gasteiger partial charge in [0.1, 0.15) is 11.3 Å². The monoisotopic (exact) mass is 328 g/mol. The Morgan fingerprint density at radius 2 is 2.08 bits per heavy atom. The molecule has 0 bridgehead atoms. The average Bonchev–Trinajstić information content (AvgIpc) is 3.05. The highest BCUT2D eigenvalue weighted by molar-refractivity contribution is 5.79. The number of para-hydroxylation sites is 1. The van der Waals surface area contributed by atoms with Crippen LogP contribution in [0.4, 0.5) is 0 Å². The van der Waals surface area contributed by atoms with Crippen molar-refractivity contribution < 1.29 is 9.21 Å². The van der Waals surface area contributed by atoms with Gasteiger partial charge >= 0.3 is 0 Å². The van der Waals surface area contributed by atoms with Gasteiger partial charge in [-0.3, -0.25) is 4.79 Å². The minimum atomic E-state index is -0.0251. The normalized spacial score (nSPS) is 17.1. The smallest absolute Gasteiger partial charge is 0.223 e. The highest BCUT2D eigenvalue weighted by Crippen LogP contribution is 2.28. The number of nitrogens with zero attached hydrogens (tertiary/aromatic N) is 1. The van der Waals surface area contributed by atoms with Crippen LogP contribution in [0.25, 0.3) is 11.0 Å². The van der Waals surface area contributed by atoms with Crippen LogP contribution >= 0.6 is 0 Å². The number of amides is 1. The zero-order chi connectivity index (χ0) is 16.9. The van der Waals surface area contributed by atoms with Crippen LogP contribution in [0, 0.1) is 5.92 Å². The summed E-state index contributed by atoms with van der Waals surface area (Å²) in [7, 11) is 0. The van der Waals surface area contributed by atoms with Gasteiger partial charge < -0.3 is 14.6 Å². The lowest BCUT2D eigenvalue weighted by atomic mass is 9.93. The van der Waals surface area contributed by atoms with Crippen molar-refractivity contribution >= 4 is 16.9 Å². The molecule has 1 unspecified atom stereocenters. The van der Waals surface area contributed by atoms with Crippen LogP contribution in [-0.2, 0) is 4.79 Å². The van der Waals surface area contributed by atoms with Gasteiger partial charge in [-0.2, -0.15) is 0 Å². The molecule has 0 aliphatic carbocycles. The Morgan fingerprint density at radius 1 is 1.33 bits per heavy atom. The molecule has 1 aliphatic rings. The summed E-state index contributed by atoms with van der Waals surface area (Å²) in [6.07, 6.45) is 4.03. The zero-order valence-corrected chi connectivity index (χ0v) is 14.8. The molecule has 4 nitrogen and oxygen atoms in total. The molecule has 0 spiro atoms. The van der Waals surface area contributed by atoms with Crippen LogP contribution < -0.4 is 5.32 Å². The number of carbonyl (C=O) groups is 1. The lowest BCUT2D eigenvalue weighted by Crippen LogP contribution is -2.34. The predicted octanol–water partition coefficient (Wildman–Crippen LogP) is 4.12. The van der Waals surface area contributed by atoms with E-state index in [9.17, 15) is 4.79 Å². The Kier molecular flexibility index (Phi) is 5.56. The van der Waals surface area contributed by atoms with E-state index in [1.54, 1.807) is 0 Å². The van der Waals surface area contributed by atoms with E-state index in [0.29, 0.717) is 18.9 Å². The minimum absolute atomic E-state index is 0.0251. The Balaban J connectivity index is 1.64. The highest BCUT2D eigenvalue weighted by Gasteiger charge is 2.24. The Morgan fingerprint density at radius 3 is 2.79 bits per heavy atom. The molecule has 24 heavy (non-hydrogen) atoms. The van der Waals surface area contributed by atoms with Gasteiger partial charge in [0.15, 0.2) is 0 Å². The second kappa shape index (κ2) is 7.84. The molecular weight excluding hydrogens is 300 g/mol. The van der Waals surface area contributed by atoms with Crippen molar-refractivity contribution in [1.82, 2.24) is 10.2 Å². The number of fused-ring (bicyclic) bond motifs is 1. The van der Waals surface area contributed by atoms with Gasteiger partial charge in [0.2, 0.25) is 5.91 Å². The third-order valence-corrected chi connectivity index (χ3v) is 5.21. The lowest BCUT2D eigenvalue weighted by molar-refractivity contribution is -0.133. The number of rotatable bonds is 6. The standard InChI is InChI=1S/C20H28N2O2/c1-3-22(20(23)9-8-16-10-12-21-13-11-16)15(2)19-14-17-6-4-5-7-18(17)24-19/h4-7,14-16,21H,3,8-13H2,1-2H3. The Bertz CT molecular complexity index is 640. The first-order valence-electron chi connectivity index (χ1n) is 9.17. The van der Waals surface area contributed by atoms with Crippen molar-refractivity contribution in [2.75, 3.05) is 19.6 Å². The summed E-state index contributed by atoms with van der Waals surface area (Å²) >= 11 is 0. The summed E-state index contributed by atoms with van der Waals surface area (Å²) in [6, 6.07) is 10.0. The number of nitrogens with one attached hydrogen (secondary N) is 1. The highest BCUT2D eigenvalue weighted by atomic mass is 16.3. The fraction of sp³-hybridized carbons (Fsp3) is 0.550. The van der Waals surface area contributed by atoms with Crippen LogP contribution in [0.3, 0.4) is 0 Å². The van der Waals surface area contributed by atoms with Crippen molar-refractivity contribution in [3.8, 4) is 0 Å². The van der Waals surface area contributed by atoms with Gasteiger partial charge in [-0.25, -0.2) is 0 Å². The van der Waals surface area contributed by atoms with Crippen LogP contribution in [0.5, 0.6) is 0 Å². The quantitative estimate of drug-likeness (QED) is 0.867. The molecule has 2 heterocycles. The first-order valence-corrected chi connectivity index (χ1v) is 9.17. The van der Waals surface area contributed by atoms with Crippen LogP contribution in [0.15, 0.2) is 34.7 Å². The van der Waals surface area contributed by atoms with E-state index in [4.69, 9.17) is 4.42 Å². The van der Waals surface area contributed by atoms with Crippen molar-refractivity contribution in [3.63, 3.8) is 0 Å². The summed E-state index contributed by atoms with van der Waals surface area (Å²) in [4.78, 5) is 14.7. The summed E-state index contributed by atoms with van der Waals surface area (Å²) in [5, 5.41) is 4.48. The minimum Gasteiger partial charge on any atom is -0.459 e. The maximum absolute atomic E-state index is 12.7. The maximum atomic E-state index is 12.7. The molecule has 1 saturated heterocycles. The summed E-state index contributed by atoms with van der Waals surface area (Å²) in [6.45, 7) is 6.99. The molecule has 1 aromatic carbocycles. The van der Waals surface area contributed by atoms with Crippen molar-refractivity contribution in [2.45, 2.75) is 45.6 Å². The van der Waals surface area contributed by atoms with Gasteiger partial charge in [0.25, 0.3) is 0 Å². The van der Waals surface area contributed by atoms with E-state index in [2.05, 4.69) is 18.3 Å². The van der Waals surface area contributed by atoms with Gasteiger partial charge in [-0.15, -0.1) is 0 Å². The summed E-state index contributed by atoms with van der Waals surface area (Å²) in [5.41, 5.74) is 0.887. The number of carbonyl (C=O) groups excluding carboxylic acids is 1. The molecule has 1 N–H and O–H groups in total. The molecule has 130 valence electrons. The van der Waals surface area contributed by atoms with E-state index >= 15 is 0 Å².